The standard InChI is InChI=1S/C24H26ClN3O4/c25-18-9-7-17(8-10-18)24(32)11-15-28(16-12-24)23(31)21(29)26-20-6-2-1-5-19(20)22(30)27-13-3-4-14-27/h1-2,5-10,32H,3-4,11-16H2,(H,26,29). The second kappa shape index (κ2) is 9.30. The average molecular weight is 456 g/mol. The summed E-state index contributed by atoms with van der Waals surface area (Å²) in [6, 6.07) is 13.7. The molecule has 2 aliphatic heterocycles. The molecular formula is C24H26ClN3O4. The fourth-order valence-electron chi connectivity index (χ4n) is 4.32. The molecule has 32 heavy (non-hydrogen) atoms. The number of amides is 3. The van der Waals surface area contributed by atoms with Crippen molar-refractivity contribution in [2.75, 3.05) is 31.5 Å². The van der Waals surface area contributed by atoms with Crippen molar-refractivity contribution in [3.63, 3.8) is 0 Å². The molecule has 7 nitrogen and oxygen atoms in total. The predicted molar refractivity (Wildman–Crippen MR) is 121 cm³/mol. The van der Waals surface area contributed by atoms with Crippen molar-refractivity contribution in [3.8, 4) is 0 Å². The van der Waals surface area contributed by atoms with Gasteiger partial charge in [0.1, 0.15) is 0 Å². The maximum Gasteiger partial charge on any atom is 0.313 e. The molecular weight excluding hydrogens is 430 g/mol. The first-order valence-electron chi connectivity index (χ1n) is 10.8. The van der Waals surface area contributed by atoms with Crippen LogP contribution < -0.4 is 5.32 Å². The highest BCUT2D eigenvalue weighted by atomic mass is 35.5. The van der Waals surface area contributed by atoms with Gasteiger partial charge in [0.2, 0.25) is 0 Å². The summed E-state index contributed by atoms with van der Waals surface area (Å²) in [4.78, 5) is 41.4. The Labute approximate surface area is 192 Å². The summed E-state index contributed by atoms with van der Waals surface area (Å²) in [7, 11) is 0. The molecule has 0 atom stereocenters. The van der Waals surface area contributed by atoms with Crippen molar-refractivity contribution in [1.29, 1.82) is 0 Å². The number of piperidine rings is 1. The number of nitrogens with one attached hydrogen (secondary N) is 1. The van der Waals surface area contributed by atoms with Gasteiger partial charge in [0, 0.05) is 31.2 Å². The van der Waals surface area contributed by atoms with Gasteiger partial charge < -0.3 is 20.2 Å². The van der Waals surface area contributed by atoms with Crippen molar-refractivity contribution in [2.24, 2.45) is 0 Å². The molecule has 2 heterocycles. The maximum absolute atomic E-state index is 12.8. The molecule has 2 N–H and O–H groups in total. The second-order valence-corrected chi connectivity index (χ2v) is 8.77. The van der Waals surface area contributed by atoms with Crippen molar-refractivity contribution in [2.45, 2.75) is 31.3 Å². The molecule has 2 fully saturated rings. The number of benzene rings is 2. The minimum absolute atomic E-state index is 0.142. The quantitative estimate of drug-likeness (QED) is 0.696. The molecule has 4 rings (SSSR count). The number of para-hydroxylation sites is 1. The van der Waals surface area contributed by atoms with Gasteiger partial charge in [0.25, 0.3) is 5.91 Å². The first-order valence-corrected chi connectivity index (χ1v) is 11.2. The van der Waals surface area contributed by atoms with Gasteiger partial charge in [-0.25, -0.2) is 0 Å². The Morgan fingerprint density at radius 2 is 1.50 bits per heavy atom. The Bertz CT molecular complexity index is 1010. The molecule has 0 aromatic heterocycles. The van der Waals surface area contributed by atoms with Gasteiger partial charge in [-0.3, -0.25) is 14.4 Å². The zero-order valence-corrected chi connectivity index (χ0v) is 18.5. The average Bonchev–Trinajstić information content (AvgIpc) is 3.34. The van der Waals surface area contributed by atoms with Gasteiger partial charge >= 0.3 is 11.8 Å². The highest BCUT2D eigenvalue weighted by Gasteiger charge is 2.37. The van der Waals surface area contributed by atoms with E-state index >= 15 is 0 Å². The number of halogens is 1. The van der Waals surface area contributed by atoms with Gasteiger partial charge in [0.05, 0.1) is 16.9 Å². The third kappa shape index (κ3) is 4.64. The molecule has 0 radical (unpaired) electrons. The van der Waals surface area contributed by atoms with E-state index in [4.69, 9.17) is 11.6 Å². The number of hydrogen-bond donors (Lipinski definition) is 2. The molecule has 0 saturated carbocycles. The zero-order valence-electron chi connectivity index (χ0n) is 17.7. The Balaban J connectivity index is 1.39. The largest absolute Gasteiger partial charge is 0.385 e. The summed E-state index contributed by atoms with van der Waals surface area (Å²) in [5, 5.41) is 14.2. The summed E-state index contributed by atoms with van der Waals surface area (Å²) in [5.74, 6) is -1.60. The van der Waals surface area contributed by atoms with Crippen molar-refractivity contribution >= 4 is 35.0 Å². The van der Waals surface area contributed by atoms with Gasteiger partial charge in [0.15, 0.2) is 0 Å². The van der Waals surface area contributed by atoms with E-state index in [9.17, 15) is 19.5 Å². The van der Waals surface area contributed by atoms with Crippen LogP contribution in [0.1, 0.15) is 41.6 Å². The number of carbonyl (C=O) groups excluding carboxylic acids is 3. The number of likely N-dealkylation sites (tertiary alicyclic amines) is 2. The van der Waals surface area contributed by atoms with E-state index in [0.29, 0.717) is 42.2 Å². The van der Waals surface area contributed by atoms with Crippen molar-refractivity contribution < 1.29 is 19.5 Å². The van der Waals surface area contributed by atoms with Crippen LogP contribution >= 0.6 is 11.6 Å². The maximum atomic E-state index is 12.8. The van der Waals surface area contributed by atoms with Crippen molar-refractivity contribution in [1.82, 2.24) is 9.80 Å². The third-order valence-electron chi connectivity index (χ3n) is 6.25. The predicted octanol–water partition coefficient (Wildman–Crippen LogP) is 3.02. The lowest BCUT2D eigenvalue weighted by atomic mass is 9.84. The number of hydrogen-bond acceptors (Lipinski definition) is 4. The molecule has 8 heteroatoms. The lowest BCUT2D eigenvalue weighted by molar-refractivity contribution is -0.146. The molecule has 0 aliphatic carbocycles. The van der Waals surface area contributed by atoms with Gasteiger partial charge in [-0.15, -0.1) is 0 Å². The zero-order chi connectivity index (χ0) is 22.7. The molecule has 0 spiro atoms. The molecule has 3 amide bonds. The fourth-order valence-corrected chi connectivity index (χ4v) is 4.44. The van der Waals surface area contributed by atoms with E-state index in [1.165, 1.54) is 4.90 Å². The number of rotatable bonds is 3. The van der Waals surface area contributed by atoms with Crippen LogP contribution in [0, 0.1) is 0 Å². The first-order chi connectivity index (χ1) is 15.4. The van der Waals surface area contributed by atoms with Crippen LogP contribution in [0.4, 0.5) is 5.69 Å². The Morgan fingerprint density at radius 3 is 2.16 bits per heavy atom. The summed E-state index contributed by atoms with van der Waals surface area (Å²) >= 11 is 5.93. The third-order valence-corrected chi connectivity index (χ3v) is 6.50. The van der Waals surface area contributed by atoms with Crippen LogP contribution in [0.5, 0.6) is 0 Å². The normalized spacial score (nSPS) is 17.8. The number of carbonyl (C=O) groups is 3. The first kappa shape index (κ1) is 22.3. The van der Waals surface area contributed by atoms with Gasteiger partial charge in [-0.1, -0.05) is 35.9 Å². The topological polar surface area (TPSA) is 90.0 Å². The molecule has 0 unspecified atom stereocenters. The second-order valence-electron chi connectivity index (χ2n) is 8.33. The molecule has 2 saturated heterocycles. The summed E-state index contributed by atoms with van der Waals surface area (Å²) in [6.07, 6.45) is 2.57. The van der Waals surface area contributed by atoms with Crippen LogP contribution in [0.25, 0.3) is 0 Å². The van der Waals surface area contributed by atoms with Gasteiger partial charge in [-0.05, 0) is 55.5 Å². The Hall–Kier alpha value is -2.90. The van der Waals surface area contributed by atoms with E-state index in [0.717, 1.165) is 18.4 Å². The molecule has 2 aliphatic rings. The van der Waals surface area contributed by atoms with E-state index < -0.39 is 17.4 Å². The molecule has 2 aromatic rings. The van der Waals surface area contributed by atoms with Crippen LogP contribution in [-0.2, 0) is 15.2 Å². The number of aliphatic hydroxyl groups is 1. The van der Waals surface area contributed by atoms with E-state index in [1.54, 1.807) is 53.4 Å². The van der Waals surface area contributed by atoms with Gasteiger partial charge in [-0.2, -0.15) is 0 Å². The number of anilines is 1. The highest BCUT2D eigenvalue weighted by Crippen LogP contribution is 2.33. The minimum Gasteiger partial charge on any atom is -0.385 e. The number of nitrogens with zero attached hydrogens (tertiary/aromatic N) is 2. The van der Waals surface area contributed by atoms with E-state index in [1.807, 2.05) is 0 Å². The van der Waals surface area contributed by atoms with Crippen LogP contribution in [0.15, 0.2) is 48.5 Å². The lowest BCUT2D eigenvalue weighted by Gasteiger charge is -2.38. The SMILES string of the molecule is O=C(Nc1ccccc1C(=O)N1CCCC1)C(=O)N1CCC(O)(c2ccc(Cl)cc2)CC1. The van der Waals surface area contributed by atoms with Crippen molar-refractivity contribution in [3.05, 3.63) is 64.7 Å². The lowest BCUT2D eigenvalue weighted by Crippen LogP contribution is -2.48. The van der Waals surface area contributed by atoms with E-state index in [2.05, 4.69) is 5.32 Å². The Morgan fingerprint density at radius 1 is 0.875 bits per heavy atom. The van der Waals surface area contributed by atoms with Crippen LogP contribution in [0.3, 0.4) is 0 Å². The minimum atomic E-state index is -1.06. The molecule has 2 aromatic carbocycles. The smallest absolute Gasteiger partial charge is 0.313 e. The highest BCUT2D eigenvalue weighted by molar-refractivity contribution is 6.40. The monoisotopic (exact) mass is 455 g/mol. The Kier molecular flexibility index (Phi) is 6.48. The summed E-state index contributed by atoms with van der Waals surface area (Å²) < 4.78 is 0. The molecule has 0 bridgehead atoms. The fraction of sp³-hybridized carbons (Fsp3) is 0.375. The summed E-state index contributed by atoms with van der Waals surface area (Å²) in [5.41, 5.74) is 0.392. The summed E-state index contributed by atoms with van der Waals surface area (Å²) in [6.45, 7) is 1.90. The van der Waals surface area contributed by atoms with Crippen LogP contribution in [-0.4, -0.2) is 58.8 Å². The van der Waals surface area contributed by atoms with E-state index in [-0.39, 0.29) is 19.0 Å². The van der Waals surface area contributed by atoms with Crippen LogP contribution in [0.2, 0.25) is 5.02 Å². The molecule has 168 valence electrons.